The molecule has 0 atom stereocenters. The molecule has 1 amide bonds. The lowest BCUT2D eigenvalue weighted by atomic mass is 10.2. The van der Waals surface area contributed by atoms with Gasteiger partial charge >= 0.3 is 0 Å². The molecule has 0 saturated carbocycles. The van der Waals surface area contributed by atoms with Crippen LogP contribution in [0.1, 0.15) is 27.2 Å². The summed E-state index contributed by atoms with van der Waals surface area (Å²) in [5, 5.41) is 2.78. The average molecular weight is 348 g/mol. The van der Waals surface area contributed by atoms with E-state index in [9.17, 15) is 9.59 Å². The van der Waals surface area contributed by atoms with Gasteiger partial charge in [0.15, 0.2) is 0 Å². The Bertz CT molecular complexity index is 949. The van der Waals surface area contributed by atoms with Crippen LogP contribution in [-0.4, -0.2) is 10.9 Å². The molecule has 1 aromatic heterocycles. The quantitative estimate of drug-likeness (QED) is 0.719. The molecule has 0 aliphatic rings. The number of carbonyl (C=O) groups is 1. The third kappa shape index (κ3) is 4.39. The van der Waals surface area contributed by atoms with Crippen LogP contribution >= 0.6 is 0 Å². The summed E-state index contributed by atoms with van der Waals surface area (Å²) in [6, 6.07) is 20.6. The molecule has 0 radical (unpaired) electrons. The van der Waals surface area contributed by atoms with Gasteiger partial charge in [0.25, 0.3) is 11.5 Å². The Hall–Kier alpha value is -3.34. The van der Waals surface area contributed by atoms with Crippen LogP contribution in [0.5, 0.6) is 5.75 Å². The minimum absolute atomic E-state index is 0.0956. The third-order valence-corrected chi connectivity index (χ3v) is 3.95. The number of aromatic amines is 1. The van der Waals surface area contributed by atoms with Gasteiger partial charge in [-0.25, -0.2) is 0 Å². The normalized spacial score (nSPS) is 10.3. The second-order valence-corrected chi connectivity index (χ2v) is 5.95. The molecule has 2 N–H and O–H groups in total. The molecule has 3 rings (SSSR count). The summed E-state index contributed by atoms with van der Waals surface area (Å²) >= 11 is 0. The van der Waals surface area contributed by atoms with E-state index in [1.54, 1.807) is 13.0 Å². The zero-order valence-corrected chi connectivity index (χ0v) is 14.5. The summed E-state index contributed by atoms with van der Waals surface area (Å²) in [7, 11) is 0. The molecule has 0 unspecified atom stereocenters. The molecule has 1 heterocycles. The molecule has 132 valence electrons. The highest BCUT2D eigenvalue weighted by molar-refractivity contribution is 5.93. The fraction of sp³-hybridized carbons (Fsp3) is 0.143. The van der Waals surface area contributed by atoms with Crippen LogP contribution in [0, 0.1) is 6.92 Å². The number of para-hydroxylation sites is 1. The van der Waals surface area contributed by atoms with Crippen LogP contribution < -0.4 is 15.6 Å². The second kappa shape index (κ2) is 8.16. The third-order valence-electron chi connectivity index (χ3n) is 3.95. The molecule has 0 saturated heterocycles. The maximum atomic E-state index is 12.3. The SMILES string of the molecule is Cc1ccc(C(=O)NCc2ccccc2OCc2ccccc2)c(=O)[nH]1. The van der Waals surface area contributed by atoms with E-state index in [2.05, 4.69) is 10.3 Å². The first kappa shape index (κ1) is 17.5. The molecule has 26 heavy (non-hydrogen) atoms. The largest absolute Gasteiger partial charge is 0.489 e. The zero-order chi connectivity index (χ0) is 18.4. The summed E-state index contributed by atoms with van der Waals surface area (Å²) < 4.78 is 5.88. The van der Waals surface area contributed by atoms with Crippen LogP contribution in [0.3, 0.4) is 0 Å². The predicted octanol–water partition coefficient (Wildman–Crippen LogP) is 3.19. The Morgan fingerprint density at radius 3 is 2.50 bits per heavy atom. The second-order valence-electron chi connectivity index (χ2n) is 5.95. The maximum absolute atomic E-state index is 12.3. The lowest BCUT2D eigenvalue weighted by Crippen LogP contribution is -2.29. The fourth-order valence-electron chi connectivity index (χ4n) is 2.55. The van der Waals surface area contributed by atoms with Crippen molar-refractivity contribution in [3.63, 3.8) is 0 Å². The van der Waals surface area contributed by atoms with Gasteiger partial charge in [-0.05, 0) is 30.7 Å². The summed E-state index contributed by atoms with van der Waals surface area (Å²) in [4.78, 5) is 26.8. The van der Waals surface area contributed by atoms with Crippen molar-refractivity contribution in [2.24, 2.45) is 0 Å². The molecule has 2 aromatic carbocycles. The van der Waals surface area contributed by atoms with Crippen LogP contribution in [-0.2, 0) is 13.2 Å². The number of hydrogen-bond donors (Lipinski definition) is 2. The molecule has 0 bridgehead atoms. The number of nitrogens with one attached hydrogen (secondary N) is 2. The Kier molecular flexibility index (Phi) is 5.49. The molecule has 0 aliphatic heterocycles. The van der Waals surface area contributed by atoms with Crippen LogP contribution in [0.2, 0.25) is 0 Å². The maximum Gasteiger partial charge on any atom is 0.260 e. The Labute approximate surface area is 151 Å². The molecule has 0 spiro atoms. The van der Waals surface area contributed by atoms with Crippen molar-refractivity contribution in [2.75, 3.05) is 0 Å². The van der Waals surface area contributed by atoms with Gasteiger partial charge in [-0.15, -0.1) is 0 Å². The van der Waals surface area contributed by atoms with Crippen LogP contribution in [0.4, 0.5) is 0 Å². The Balaban J connectivity index is 1.66. The van der Waals surface area contributed by atoms with Crippen molar-refractivity contribution in [1.82, 2.24) is 10.3 Å². The van der Waals surface area contributed by atoms with E-state index in [0.29, 0.717) is 18.1 Å². The highest BCUT2D eigenvalue weighted by Gasteiger charge is 2.11. The number of H-pyrrole nitrogens is 1. The van der Waals surface area contributed by atoms with Gasteiger partial charge in [-0.3, -0.25) is 9.59 Å². The molecule has 0 aliphatic carbocycles. The Morgan fingerprint density at radius 2 is 1.73 bits per heavy atom. The van der Waals surface area contributed by atoms with Gasteiger partial charge in [0.05, 0.1) is 0 Å². The number of ether oxygens (including phenoxy) is 1. The number of benzene rings is 2. The van der Waals surface area contributed by atoms with Crippen LogP contribution in [0.15, 0.2) is 71.5 Å². The highest BCUT2D eigenvalue weighted by Crippen LogP contribution is 2.19. The minimum Gasteiger partial charge on any atom is -0.489 e. The average Bonchev–Trinajstić information content (AvgIpc) is 2.66. The number of hydrogen-bond acceptors (Lipinski definition) is 3. The molecular formula is C21H20N2O3. The summed E-state index contributed by atoms with van der Waals surface area (Å²) in [6.07, 6.45) is 0. The van der Waals surface area contributed by atoms with Crippen LogP contribution in [0.25, 0.3) is 0 Å². The highest BCUT2D eigenvalue weighted by atomic mass is 16.5. The molecule has 5 nitrogen and oxygen atoms in total. The first-order valence-electron chi connectivity index (χ1n) is 8.36. The van der Waals surface area contributed by atoms with Crippen molar-refractivity contribution in [3.05, 3.63) is 99.5 Å². The van der Waals surface area contributed by atoms with E-state index in [1.807, 2.05) is 54.6 Å². The number of amides is 1. The lowest BCUT2D eigenvalue weighted by molar-refractivity contribution is 0.0949. The number of aryl methyl sites for hydroxylation is 1. The molecule has 5 heteroatoms. The molecule has 3 aromatic rings. The number of aromatic nitrogens is 1. The smallest absolute Gasteiger partial charge is 0.260 e. The number of carbonyl (C=O) groups excluding carboxylic acids is 1. The molecular weight excluding hydrogens is 328 g/mol. The first-order chi connectivity index (χ1) is 12.6. The lowest BCUT2D eigenvalue weighted by Gasteiger charge is -2.12. The van der Waals surface area contributed by atoms with E-state index < -0.39 is 11.5 Å². The van der Waals surface area contributed by atoms with Gasteiger partial charge in [-0.1, -0.05) is 48.5 Å². The minimum atomic E-state index is -0.413. The summed E-state index contributed by atoms with van der Waals surface area (Å²) in [6.45, 7) is 2.49. The van der Waals surface area contributed by atoms with E-state index >= 15 is 0 Å². The summed E-state index contributed by atoms with van der Waals surface area (Å²) in [5.74, 6) is 0.290. The van der Waals surface area contributed by atoms with Gasteiger partial charge in [0.1, 0.15) is 17.9 Å². The van der Waals surface area contributed by atoms with Crippen molar-refractivity contribution in [2.45, 2.75) is 20.1 Å². The van der Waals surface area contributed by atoms with E-state index in [0.717, 1.165) is 11.1 Å². The van der Waals surface area contributed by atoms with E-state index in [-0.39, 0.29) is 12.1 Å². The van der Waals surface area contributed by atoms with Gasteiger partial charge < -0.3 is 15.0 Å². The van der Waals surface area contributed by atoms with Crippen molar-refractivity contribution in [1.29, 1.82) is 0 Å². The zero-order valence-electron chi connectivity index (χ0n) is 14.5. The fourth-order valence-corrected chi connectivity index (χ4v) is 2.55. The van der Waals surface area contributed by atoms with Crippen molar-refractivity contribution in [3.8, 4) is 5.75 Å². The van der Waals surface area contributed by atoms with Gasteiger partial charge in [-0.2, -0.15) is 0 Å². The monoisotopic (exact) mass is 348 g/mol. The number of pyridine rings is 1. The molecule has 0 fully saturated rings. The van der Waals surface area contributed by atoms with Gasteiger partial charge in [0.2, 0.25) is 0 Å². The summed E-state index contributed by atoms with van der Waals surface area (Å²) in [5.41, 5.74) is 2.33. The van der Waals surface area contributed by atoms with Crippen molar-refractivity contribution >= 4 is 5.91 Å². The number of rotatable bonds is 6. The van der Waals surface area contributed by atoms with E-state index in [1.165, 1.54) is 6.07 Å². The first-order valence-corrected chi connectivity index (χ1v) is 8.36. The Morgan fingerprint density at radius 1 is 1.00 bits per heavy atom. The van der Waals surface area contributed by atoms with Crippen molar-refractivity contribution < 1.29 is 9.53 Å². The topological polar surface area (TPSA) is 71.2 Å². The van der Waals surface area contributed by atoms with E-state index in [4.69, 9.17) is 4.74 Å². The predicted molar refractivity (Wildman–Crippen MR) is 100 cm³/mol. The standard InChI is InChI=1S/C21H20N2O3/c1-15-11-12-18(21(25)23-15)20(24)22-13-17-9-5-6-10-19(17)26-14-16-7-3-2-4-8-16/h2-12H,13-14H2,1H3,(H,22,24)(H,23,25). The van der Waals surface area contributed by atoms with Gasteiger partial charge in [0, 0.05) is 17.8 Å².